The van der Waals surface area contributed by atoms with Crippen LogP contribution in [0.25, 0.3) is 6.08 Å². The van der Waals surface area contributed by atoms with Crippen LogP contribution in [0.15, 0.2) is 65.3 Å². The number of nitrogens with zero attached hydrogens (tertiary/aromatic N) is 3. The molecule has 0 bridgehead atoms. The van der Waals surface area contributed by atoms with Gasteiger partial charge in [0.15, 0.2) is 17.2 Å². The Morgan fingerprint density at radius 2 is 1.71 bits per heavy atom. The van der Waals surface area contributed by atoms with Crippen LogP contribution in [0.2, 0.25) is 5.02 Å². The first-order valence-electron chi connectivity index (χ1n) is 11.0. The fourth-order valence-corrected chi connectivity index (χ4v) is 4.45. The monoisotopic (exact) mass is 649 g/mol. The number of rotatable bonds is 9. The van der Waals surface area contributed by atoms with Gasteiger partial charge in [-0.3, -0.25) is 20.2 Å². The van der Waals surface area contributed by atoms with Gasteiger partial charge in [0.05, 0.1) is 30.6 Å². The van der Waals surface area contributed by atoms with Crippen LogP contribution in [0.5, 0.6) is 11.5 Å². The average molecular weight is 650 g/mol. The van der Waals surface area contributed by atoms with Gasteiger partial charge in [-0.25, -0.2) is 9.79 Å². The van der Waals surface area contributed by atoms with Crippen molar-refractivity contribution >= 4 is 63.5 Å². The second-order valence-corrected chi connectivity index (χ2v) is 9.30. The standard InChI is InChI=1S/C25H17ClIN3O8/c1-2-36-22-11-15(9-20(27)23(22)37-13-14-3-5-16(6-4-14)29(32)33)10-21-25(31)38-24(28-21)18-8-7-17(30(34)35)12-19(18)26/h3-12H,2,13H2,1H3/b21-10-. The molecule has 11 nitrogen and oxygen atoms in total. The van der Waals surface area contributed by atoms with Gasteiger partial charge in [0.1, 0.15) is 6.61 Å². The fourth-order valence-electron chi connectivity index (χ4n) is 3.42. The summed E-state index contributed by atoms with van der Waals surface area (Å²) in [6.45, 7) is 2.33. The van der Waals surface area contributed by atoms with Crippen molar-refractivity contribution in [3.8, 4) is 11.5 Å². The predicted molar refractivity (Wildman–Crippen MR) is 146 cm³/mol. The van der Waals surface area contributed by atoms with Crippen LogP contribution in [-0.4, -0.2) is 28.3 Å². The molecular formula is C25H17ClIN3O8. The summed E-state index contributed by atoms with van der Waals surface area (Å²) in [5.74, 6) is 0.135. The van der Waals surface area contributed by atoms with Crippen molar-refractivity contribution in [3.05, 3.63) is 106 Å². The Morgan fingerprint density at radius 3 is 2.34 bits per heavy atom. The Bertz CT molecular complexity index is 1510. The molecule has 0 radical (unpaired) electrons. The molecule has 1 heterocycles. The minimum absolute atomic E-state index is 0.00668. The van der Waals surface area contributed by atoms with Crippen LogP contribution in [0, 0.1) is 23.8 Å². The highest BCUT2D eigenvalue weighted by atomic mass is 127. The van der Waals surface area contributed by atoms with Gasteiger partial charge in [-0.2, -0.15) is 0 Å². The molecule has 194 valence electrons. The summed E-state index contributed by atoms with van der Waals surface area (Å²) in [5.41, 5.74) is 1.37. The summed E-state index contributed by atoms with van der Waals surface area (Å²) in [6, 6.07) is 13.2. The number of carbonyl (C=O) groups is 1. The van der Waals surface area contributed by atoms with Gasteiger partial charge in [-0.05, 0) is 77.0 Å². The smallest absolute Gasteiger partial charge is 0.363 e. The third-order valence-corrected chi connectivity index (χ3v) is 6.29. The van der Waals surface area contributed by atoms with Crippen molar-refractivity contribution in [1.82, 2.24) is 0 Å². The number of non-ortho nitro benzene ring substituents is 2. The number of cyclic esters (lactones) is 1. The number of halogens is 2. The summed E-state index contributed by atoms with van der Waals surface area (Å²) in [7, 11) is 0. The van der Waals surface area contributed by atoms with Gasteiger partial charge in [0.25, 0.3) is 11.4 Å². The highest BCUT2D eigenvalue weighted by molar-refractivity contribution is 14.1. The molecule has 0 saturated carbocycles. The summed E-state index contributed by atoms with van der Waals surface area (Å²) in [4.78, 5) is 37.5. The average Bonchev–Trinajstić information content (AvgIpc) is 3.23. The Balaban J connectivity index is 1.59. The lowest BCUT2D eigenvalue weighted by molar-refractivity contribution is -0.385. The number of hydrogen-bond donors (Lipinski definition) is 0. The molecule has 3 aromatic carbocycles. The zero-order chi connectivity index (χ0) is 27.4. The number of hydrogen-bond acceptors (Lipinski definition) is 9. The van der Waals surface area contributed by atoms with Crippen molar-refractivity contribution < 1.29 is 28.9 Å². The molecule has 38 heavy (non-hydrogen) atoms. The number of esters is 1. The second-order valence-electron chi connectivity index (χ2n) is 7.73. The lowest BCUT2D eigenvalue weighted by atomic mass is 10.1. The van der Waals surface area contributed by atoms with E-state index in [1.807, 2.05) is 6.92 Å². The number of nitro benzene ring substituents is 2. The van der Waals surface area contributed by atoms with E-state index in [1.54, 1.807) is 24.3 Å². The first-order chi connectivity index (χ1) is 18.2. The minimum Gasteiger partial charge on any atom is -0.490 e. The van der Waals surface area contributed by atoms with Gasteiger partial charge in [0.2, 0.25) is 5.90 Å². The van der Waals surface area contributed by atoms with Gasteiger partial charge < -0.3 is 14.2 Å². The second kappa shape index (κ2) is 11.6. The van der Waals surface area contributed by atoms with E-state index in [2.05, 4.69) is 27.6 Å². The van der Waals surface area contributed by atoms with Crippen LogP contribution in [0.1, 0.15) is 23.6 Å². The number of aliphatic imine (C=N–C) groups is 1. The molecule has 1 aliphatic heterocycles. The van der Waals surface area contributed by atoms with Gasteiger partial charge in [-0.15, -0.1) is 0 Å². The summed E-state index contributed by atoms with van der Waals surface area (Å²) >= 11 is 8.22. The molecule has 0 unspecified atom stereocenters. The Labute approximate surface area is 234 Å². The quantitative estimate of drug-likeness (QED) is 0.0892. The van der Waals surface area contributed by atoms with Crippen LogP contribution in [-0.2, 0) is 16.1 Å². The van der Waals surface area contributed by atoms with Gasteiger partial charge >= 0.3 is 5.97 Å². The molecule has 0 atom stereocenters. The Hall–Kier alpha value is -4.04. The third-order valence-electron chi connectivity index (χ3n) is 5.18. The first-order valence-corrected chi connectivity index (χ1v) is 12.4. The Morgan fingerprint density at radius 1 is 1.03 bits per heavy atom. The Kier molecular flexibility index (Phi) is 8.22. The molecule has 0 fully saturated rings. The molecule has 1 aliphatic rings. The number of benzene rings is 3. The summed E-state index contributed by atoms with van der Waals surface area (Å²) in [6.07, 6.45) is 1.51. The van der Waals surface area contributed by atoms with E-state index in [4.69, 9.17) is 25.8 Å². The number of ether oxygens (including phenoxy) is 3. The van der Waals surface area contributed by atoms with E-state index in [-0.39, 0.29) is 40.2 Å². The normalized spacial score (nSPS) is 13.7. The molecule has 0 aliphatic carbocycles. The molecule has 0 amide bonds. The van der Waals surface area contributed by atoms with E-state index < -0.39 is 15.8 Å². The molecule has 0 aromatic heterocycles. The molecule has 3 aromatic rings. The van der Waals surface area contributed by atoms with Crippen molar-refractivity contribution in [2.45, 2.75) is 13.5 Å². The molecular weight excluding hydrogens is 633 g/mol. The van der Waals surface area contributed by atoms with Crippen molar-refractivity contribution in [3.63, 3.8) is 0 Å². The van der Waals surface area contributed by atoms with E-state index in [9.17, 15) is 25.0 Å². The van der Waals surface area contributed by atoms with Crippen molar-refractivity contribution in [1.29, 1.82) is 0 Å². The minimum atomic E-state index is -0.708. The summed E-state index contributed by atoms with van der Waals surface area (Å²) in [5, 5.41) is 21.8. The van der Waals surface area contributed by atoms with Crippen LogP contribution >= 0.6 is 34.2 Å². The maximum atomic E-state index is 12.5. The van der Waals surface area contributed by atoms with E-state index >= 15 is 0 Å². The number of nitro groups is 2. The SMILES string of the molecule is CCOc1cc(/C=C2\N=C(c3ccc([N+](=O)[O-])cc3Cl)OC2=O)cc(I)c1OCc1ccc([N+](=O)[O-])cc1. The van der Waals surface area contributed by atoms with Crippen molar-refractivity contribution in [2.24, 2.45) is 4.99 Å². The summed E-state index contributed by atoms with van der Waals surface area (Å²) < 4.78 is 17.7. The highest BCUT2D eigenvalue weighted by Gasteiger charge is 2.27. The maximum absolute atomic E-state index is 12.5. The molecule has 0 spiro atoms. The van der Waals surface area contributed by atoms with E-state index in [1.165, 1.54) is 30.3 Å². The lowest BCUT2D eigenvalue weighted by Crippen LogP contribution is -2.06. The van der Waals surface area contributed by atoms with Crippen LogP contribution < -0.4 is 9.47 Å². The molecule has 0 N–H and O–H groups in total. The van der Waals surface area contributed by atoms with Gasteiger partial charge in [0, 0.05) is 24.3 Å². The third kappa shape index (κ3) is 6.08. The zero-order valence-electron chi connectivity index (χ0n) is 19.6. The largest absolute Gasteiger partial charge is 0.490 e. The molecule has 0 saturated heterocycles. The van der Waals surface area contributed by atoms with Crippen LogP contribution in [0.4, 0.5) is 11.4 Å². The lowest BCUT2D eigenvalue weighted by Gasteiger charge is -2.15. The predicted octanol–water partition coefficient (Wildman–Crippen LogP) is 6.08. The maximum Gasteiger partial charge on any atom is 0.363 e. The molecule has 13 heteroatoms. The van der Waals surface area contributed by atoms with Crippen LogP contribution in [0.3, 0.4) is 0 Å². The first kappa shape index (κ1) is 27.0. The van der Waals surface area contributed by atoms with E-state index in [0.29, 0.717) is 27.2 Å². The highest BCUT2D eigenvalue weighted by Crippen LogP contribution is 2.36. The fraction of sp³-hybridized carbons (Fsp3) is 0.120. The number of carbonyl (C=O) groups excluding carboxylic acids is 1. The van der Waals surface area contributed by atoms with Crippen molar-refractivity contribution in [2.75, 3.05) is 6.61 Å². The topological polar surface area (TPSA) is 143 Å². The van der Waals surface area contributed by atoms with Gasteiger partial charge in [-0.1, -0.05) is 11.6 Å². The zero-order valence-corrected chi connectivity index (χ0v) is 22.5. The molecule has 4 rings (SSSR count). The van der Waals surface area contributed by atoms with E-state index in [0.717, 1.165) is 11.6 Å².